The fourth-order valence-corrected chi connectivity index (χ4v) is 4.58. The minimum absolute atomic E-state index is 0.0243. The number of nitrogens with zero attached hydrogens (tertiary/aromatic N) is 2. The van der Waals surface area contributed by atoms with Gasteiger partial charge in [0.15, 0.2) is 0 Å². The van der Waals surface area contributed by atoms with Gasteiger partial charge in [0.1, 0.15) is 5.01 Å². The van der Waals surface area contributed by atoms with Gasteiger partial charge in [0.05, 0.1) is 15.5 Å². The molecule has 0 saturated heterocycles. The standard InChI is InChI=1S/C20H21ClN4O3S2/c1-12-6-5-7-13(10-12)25-30(27,28)14-8-9-16(21)15(11-14)17(26)22-19-24-23-18(29-19)20(2,3)4/h5-11,25H,1-4H3,(H,22,24,26). The van der Waals surface area contributed by atoms with E-state index in [1.54, 1.807) is 18.2 Å². The number of carbonyl (C=O) groups is 1. The van der Waals surface area contributed by atoms with Gasteiger partial charge < -0.3 is 0 Å². The maximum atomic E-state index is 12.8. The molecule has 158 valence electrons. The summed E-state index contributed by atoms with van der Waals surface area (Å²) in [6.45, 7) is 7.84. The molecule has 0 bridgehead atoms. The average molecular weight is 465 g/mol. The summed E-state index contributed by atoms with van der Waals surface area (Å²) < 4.78 is 28.0. The highest BCUT2D eigenvalue weighted by Gasteiger charge is 2.22. The van der Waals surface area contributed by atoms with Crippen LogP contribution in [0.15, 0.2) is 47.4 Å². The molecule has 0 fully saturated rings. The summed E-state index contributed by atoms with van der Waals surface area (Å²) in [5, 5.41) is 11.9. The number of carbonyl (C=O) groups excluding carboxylic acids is 1. The number of amides is 1. The largest absolute Gasteiger partial charge is 0.296 e. The van der Waals surface area contributed by atoms with E-state index < -0.39 is 15.9 Å². The first-order chi connectivity index (χ1) is 14.0. The number of anilines is 2. The Morgan fingerprint density at radius 3 is 2.47 bits per heavy atom. The van der Waals surface area contributed by atoms with Crippen LogP contribution in [0.3, 0.4) is 0 Å². The quantitative estimate of drug-likeness (QED) is 0.562. The van der Waals surface area contributed by atoms with Gasteiger partial charge in [-0.2, -0.15) is 0 Å². The fourth-order valence-electron chi connectivity index (χ4n) is 2.51. The minimum Gasteiger partial charge on any atom is -0.296 e. The molecular weight excluding hydrogens is 444 g/mol. The first kappa shape index (κ1) is 22.2. The zero-order chi connectivity index (χ0) is 22.1. The lowest BCUT2D eigenvalue weighted by Crippen LogP contribution is -2.16. The topological polar surface area (TPSA) is 101 Å². The van der Waals surface area contributed by atoms with Gasteiger partial charge in [-0.15, -0.1) is 10.2 Å². The molecule has 10 heteroatoms. The van der Waals surface area contributed by atoms with Crippen LogP contribution < -0.4 is 10.0 Å². The Bertz CT molecular complexity index is 1200. The number of aryl methyl sites for hydroxylation is 1. The van der Waals surface area contributed by atoms with Crippen LogP contribution in [-0.4, -0.2) is 24.5 Å². The van der Waals surface area contributed by atoms with Gasteiger partial charge >= 0.3 is 0 Å². The van der Waals surface area contributed by atoms with Crippen LogP contribution in [0.4, 0.5) is 10.8 Å². The SMILES string of the molecule is Cc1cccc(NS(=O)(=O)c2ccc(Cl)c(C(=O)Nc3nnc(C(C)(C)C)s3)c2)c1. The molecule has 3 rings (SSSR count). The van der Waals surface area contributed by atoms with Gasteiger partial charge in [-0.05, 0) is 42.8 Å². The van der Waals surface area contributed by atoms with Gasteiger partial charge in [-0.25, -0.2) is 8.42 Å². The van der Waals surface area contributed by atoms with Crippen molar-refractivity contribution in [3.63, 3.8) is 0 Å². The number of benzene rings is 2. The Balaban J connectivity index is 1.85. The molecule has 0 saturated carbocycles. The summed E-state index contributed by atoms with van der Waals surface area (Å²) in [7, 11) is -3.90. The summed E-state index contributed by atoms with van der Waals surface area (Å²) in [6, 6.07) is 10.9. The average Bonchev–Trinajstić information content (AvgIpc) is 3.10. The molecule has 0 unspecified atom stereocenters. The van der Waals surface area contributed by atoms with E-state index >= 15 is 0 Å². The lowest BCUT2D eigenvalue weighted by molar-refractivity contribution is 0.102. The van der Waals surface area contributed by atoms with E-state index in [-0.39, 0.29) is 20.9 Å². The monoisotopic (exact) mass is 464 g/mol. The van der Waals surface area contributed by atoms with Crippen molar-refractivity contribution in [2.45, 2.75) is 38.0 Å². The molecular formula is C20H21ClN4O3S2. The summed E-state index contributed by atoms with van der Waals surface area (Å²) in [4.78, 5) is 12.6. The Morgan fingerprint density at radius 2 is 1.83 bits per heavy atom. The highest BCUT2D eigenvalue weighted by molar-refractivity contribution is 7.92. The van der Waals surface area contributed by atoms with E-state index in [9.17, 15) is 13.2 Å². The highest BCUT2D eigenvalue weighted by Crippen LogP contribution is 2.29. The lowest BCUT2D eigenvalue weighted by atomic mass is 9.98. The third-order valence-corrected chi connectivity index (χ3v) is 7.02. The van der Waals surface area contributed by atoms with Crippen LogP contribution in [0.5, 0.6) is 0 Å². The number of hydrogen-bond donors (Lipinski definition) is 2. The molecule has 1 aromatic heterocycles. The van der Waals surface area contributed by atoms with Crippen molar-refractivity contribution >= 4 is 49.7 Å². The maximum absolute atomic E-state index is 12.8. The first-order valence-electron chi connectivity index (χ1n) is 9.00. The van der Waals surface area contributed by atoms with Crippen molar-refractivity contribution in [2.24, 2.45) is 0 Å². The molecule has 2 aromatic carbocycles. The molecule has 2 N–H and O–H groups in total. The van der Waals surface area contributed by atoms with Crippen LogP contribution in [-0.2, 0) is 15.4 Å². The van der Waals surface area contributed by atoms with Gasteiger partial charge in [0, 0.05) is 11.1 Å². The zero-order valence-corrected chi connectivity index (χ0v) is 19.2. The Labute approximate surface area is 184 Å². The number of hydrogen-bond acceptors (Lipinski definition) is 6. The van der Waals surface area contributed by atoms with Crippen molar-refractivity contribution in [1.29, 1.82) is 0 Å². The number of sulfonamides is 1. The van der Waals surface area contributed by atoms with Crippen molar-refractivity contribution in [2.75, 3.05) is 10.0 Å². The molecule has 0 aliphatic heterocycles. The second-order valence-corrected chi connectivity index (χ2v) is 10.8. The molecule has 0 aliphatic rings. The van der Waals surface area contributed by atoms with E-state index in [2.05, 4.69) is 20.2 Å². The van der Waals surface area contributed by atoms with E-state index in [1.807, 2.05) is 33.8 Å². The third kappa shape index (κ3) is 5.16. The predicted octanol–water partition coefficient (Wildman–Crippen LogP) is 4.85. The molecule has 0 atom stereocenters. The molecule has 30 heavy (non-hydrogen) atoms. The molecule has 0 radical (unpaired) electrons. The number of aromatic nitrogens is 2. The molecule has 0 spiro atoms. The Hall–Kier alpha value is -2.49. The molecule has 3 aromatic rings. The van der Waals surface area contributed by atoms with Crippen LogP contribution >= 0.6 is 22.9 Å². The summed E-state index contributed by atoms with van der Waals surface area (Å²) >= 11 is 7.41. The van der Waals surface area contributed by atoms with Gasteiger partial charge in [-0.3, -0.25) is 14.8 Å². The smallest absolute Gasteiger partial charge is 0.261 e. The number of rotatable bonds is 5. The van der Waals surface area contributed by atoms with E-state index in [0.29, 0.717) is 10.8 Å². The van der Waals surface area contributed by atoms with E-state index in [1.165, 1.54) is 29.5 Å². The van der Waals surface area contributed by atoms with Crippen molar-refractivity contribution in [3.8, 4) is 0 Å². The van der Waals surface area contributed by atoms with Gasteiger partial charge in [0.2, 0.25) is 5.13 Å². The van der Waals surface area contributed by atoms with E-state index in [4.69, 9.17) is 11.6 Å². The number of nitrogens with one attached hydrogen (secondary N) is 2. The summed E-state index contributed by atoms with van der Waals surface area (Å²) in [6.07, 6.45) is 0. The number of halogens is 1. The van der Waals surface area contributed by atoms with Crippen molar-refractivity contribution < 1.29 is 13.2 Å². The van der Waals surface area contributed by atoms with Crippen LogP contribution in [0.2, 0.25) is 5.02 Å². The van der Waals surface area contributed by atoms with Crippen molar-refractivity contribution in [1.82, 2.24) is 10.2 Å². The second-order valence-electron chi connectivity index (χ2n) is 7.73. The summed E-state index contributed by atoms with van der Waals surface area (Å²) in [5.41, 5.74) is 1.17. The third-order valence-electron chi connectivity index (χ3n) is 4.05. The van der Waals surface area contributed by atoms with E-state index in [0.717, 1.165) is 10.6 Å². The maximum Gasteiger partial charge on any atom is 0.261 e. The fraction of sp³-hybridized carbons (Fsp3) is 0.250. The lowest BCUT2D eigenvalue weighted by Gasteiger charge is -2.12. The highest BCUT2D eigenvalue weighted by atomic mass is 35.5. The normalized spacial score (nSPS) is 11.9. The second kappa shape index (κ2) is 8.33. The Morgan fingerprint density at radius 1 is 1.10 bits per heavy atom. The molecule has 1 heterocycles. The minimum atomic E-state index is -3.90. The summed E-state index contributed by atoms with van der Waals surface area (Å²) in [5.74, 6) is -0.566. The van der Waals surface area contributed by atoms with Crippen LogP contribution in [0.25, 0.3) is 0 Å². The Kier molecular flexibility index (Phi) is 6.16. The first-order valence-corrected chi connectivity index (χ1v) is 11.7. The predicted molar refractivity (Wildman–Crippen MR) is 120 cm³/mol. The molecule has 1 amide bonds. The molecule has 0 aliphatic carbocycles. The molecule has 7 nitrogen and oxygen atoms in total. The van der Waals surface area contributed by atoms with Crippen LogP contribution in [0.1, 0.15) is 41.7 Å². The van der Waals surface area contributed by atoms with Crippen molar-refractivity contribution in [3.05, 3.63) is 63.6 Å². The van der Waals surface area contributed by atoms with Gasteiger partial charge in [0.25, 0.3) is 15.9 Å². The van der Waals surface area contributed by atoms with Gasteiger partial charge in [-0.1, -0.05) is 55.8 Å². The van der Waals surface area contributed by atoms with Crippen LogP contribution in [0, 0.1) is 6.92 Å². The zero-order valence-electron chi connectivity index (χ0n) is 16.9.